The Morgan fingerprint density at radius 3 is 2.87 bits per heavy atom. The van der Waals surface area contributed by atoms with Crippen LogP contribution in [0.25, 0.3) is 6.08 Å². The molecule has 0 amide bonds. The molecule has 15 heavy (non-hydrogen) atoms. The maximum atomic E-state index is 9.50. The maximum absolute atomic E-state index is 9.50. The van der Waals surface area contributed by atoms with Crippen molar-refractivity contribution in [1.29, 1.82) is 0 Å². The van der Waals surface area contributed by atoms with Gasteiger partial charge in [-0.25, -0.2) is 0 Å². The molecule has 0 bridgehead atoms. The summed E-state index contributed by atoms with van der Waals surface area (Å²) < 4.78 is 4.99. The van der Waals surface area contributed by atoms with Gasteiger partial charge in [0.05, 0.1) is 12.1 Å². The lowest BCUT2D eigenvalue weighted by Gasteiger charge is -2.06. The Bertz CT molecular complexity index is 364. The van der Waals surface area contributed by atoms with Gasteiger partial charge in [-0.1, -0.05) is 23.8 Å². The van der Waals surface area contributed by atoms with Crippen LogP contribution in [0, 0.1) is 0 Å². The van der Waals surface area contributed by atoms with Crippen LogP contribution in [0.4, 0.5) is 0 Å². The Labute approximate surface area is 94.3 Å². The number of phenols is 1. The van der Waals surface area contributed by atoms with Crippen molar-refractivity contribution in [1.82, 2.24) is 5.32 Å². The Hall–Kier alpha value is -1.19. The fraction of sp³-hybridized carbons (Fsp3) is 0.273. The second-order valence-electron chi connectivity index (χ2n) is 3.01. The van der Waals surface area contributed by atoms with Gasteiger partial charge in [0.1, 0.15) is 0 Å². The lowest BCUT2D eigenvalue weighted by Crippen LogP contribution is -2.03. The SMILES string of the molecule is CNCC=Cc1cc(Cl)c(O)c(OC)c1. The molecule has 0 aromatic heterocycles. The van der Waals surface area contributed by atoms with Crippen LogP contribution in [0.1, 0.15) is 5.56 Å². The van der Waals surface area contributed by atoms with E-state index < -0.39 is 0 Å². The summed E-state index contributed by atoms with van der Waals surface area (Å²) >= 11 is 5.83. The molecule has 82 valence electrons. The van der Waals surface area contributed by atoms with Gasteiger partial charge < -0.3 is 15.2 Å². The van der Waals surface area contributed by atoms with Gasteiger partial charge in [0.15, 0.2) is 11.5 Å². The van der Waals surface area contributed by atoms with Crippen LogP contribution in [0.5, 0.6) is 11.5 Å². The van der Waals surface area contributed by atoms with E-state index in [1.807, 2.05) is 19.2 Å². The van der Waals surface area contributed by atoms with E-state index in [0.717, 1.165) is 12.1 Å². The quantitative estimate of drug-likeness (QED) is 0.829. The number of likely N-dealkylation sites (N-methyl/N-ethyl adjacent to an activating group) is 1. The van der Waals surface area contributed by atoms with Gasteiger partial charge in [0.25, 0.3) is 0 Å². The molecule has 0 saturated carbocycles. The first-order valence-electron chi connectivity index (χ1n) is 4.56. The van der Waals surface area contributed by atoms with E-state index in [2.05, 4.69) is 5.32 Å². The third-order valence-electron chi connectivity index (χ3n) is 1.90. The maximum Gasteiger partial charge on any atom is 0.176 e. The molecule has 2 N–H and O–H groups in total. The van der Waals surface area contributed by atoms with Crippen LogP contribution in [0.15, 0.2) is 18.2 Å². The van der Waals surface area contributed by atoms with Crippen molar-refractivity contribution < 1.29 is 9.84 Å². The smallest absolute Gasteiger partial charge is 0.176 e. The first kappa shape index (κ1) is 11.9. The number of halogens is 1. The van der Waals surface area contributed by atoms with Crippen molar-refractivity contribution >= 4 is 17.7 Å². The summed E-state index contributed by atoms with van der Waals surface area (Å²) in [6, 6.07) is 3.42. The van der Waals surface area contributed by atoms with Crippen molar-refractivity contribution in [2.24, 2.45) is 0 Å². The van der Waals surface area contributed by atoms with Crippen LogP contribution in [-0.4, -0.2) is 25.8 Å². The number of phenolic OH excluding ortho intramolecular Hbond substituents is 1. The van der Waals surface area contributed by atoms with Gasteiger partial charge in [-0.15, -0.1) is 0 Å². The van der Waals surface area contributed by atoms with E-state index in [0.29, 0.717) is 10.8 Å². The second-order valence-corrected chi connectivity index (χ2v) is 3.42. The molecule has 0 aliphatic carbocycles. The molecule has 0 aliphatic rings. The number of hydrogen-bond acceptors (Lipinski definition) is 3. The number of methoxy groups -OCH3 is 1. The Morgan fingerprint density at radius 1 is 1.53 bits per heavy atom. The summed E-state index contributed by atoms with van der Waals surface area (Å²) in [5.41, 5.74) is 0.893. The third kappa shape index (κ3) is 3.15. The zero-order valence-electron chi connectivity index (χ0n) is 8.75. The fourth-order valence-electron chi connectivity index (χ4n) is 1.16. The third-order valence-corrected chi connectivity index (χ3v) is 2.19. The van der Waals surface area contributed by atoms with Crippen LogP contribution >= 0.6 is 11.6 Å². The van der Waals surface area contributed by atoms with Crippen LogP contribution < -0.4 is 10.1 Å². The molecule has 0 unspecified atom stereocenters. The molecule has 0 radical (unpaired) electrons. The number of ether oxygens (including phenoxy) is 1. The van der Waals surface area contributed by atoms with E-state index in [4.69, 9.17) is 16.3 Å². The predicted octanol–water partition coefficient (Wildman–Crippen LogP) is 2.29. The number of nitrogens with one attached hydrogen (secondary N) is 1. The van der Waals surface area contributed by atoms with Gasteiger partial charge in [-0.05, 0) is 24.7 Å². The number of hydrogen-bond donors (Lipinski definition) is 2. The van der Waals surface area contributed by atoms with Crippen molar-refractivity contribution in [3.63, 3.8) is 0 Å². The van der Waals surface area contributed by atoms with E-state index >= 15 is 0 Å². The molecule has 0 aliphatic heterocycles. The topological polar surface area (TPSA) is 41.5 Å². The average Bonchev–Trinajstić information content (AvgIpc) is 2.23. The molecular formula is C11H14ClNO2. The molecule has 3 nitrogen and oxygen atoms in total. The summed E-state index contributed by atoms with van der Waals surface area (Å²) in [5.74, 6) is 0.358. The molecule has 4 heteroatoms. The van der Waals surface area contributed by atoms with Crippen molar-refractivity contribution in [2.75, 3.05) is 20.7 Å². The Balaban J connectivity index is 2.95. The van der Waals surface area contributed by atoms with E-state index in [1.54, 1.807) is 12.1 Å². The highest BCUT2D eigenvalue weighted by molar-refractivity contribution is 6.32. The van der Waals surface area contributed by atoms with Gasteiger partial charge in [-0.2, -0.15) is 0 Å². The normalized spacial score (nSPS) is 10.9. The summed E-state index contributed by atoms with van der Waals surface area (Å²) in [6.45, 7) is 0.779. The van der Waals surface area contributed by atoms with E-state index in [-0.39, 0.29) is 5.75 Å². The lowest BCUT2D eigenvalue weighted by atomic mass is 10.2. The van der Waals surface area contributed by atoms with Gasteiger partial charge in [0.2, 0.25) is 0 Å². The first-order valence-corrected chi connectivity index (χ1v) is 4.94. The van der Waals surface area contributed by atoms with Crippen molar-refractivity contribution in [3.05, 3.63) is 28.8 Å². The highest BCUT2D eigenvalue weighted by Crippen LogP contribution is 2.35. The standard InChI is InChI=1S/C11H14ClNO2/c1-13-5-3-4-8-6-9(12)11(14)10(7-8)15-2/h3-4,6-7,13-14H,5H2,1-2H3. The molecule has 0 atom stereocenters. The summed E-state index contributed by atoms with van der Waals surface area (Å²) in [4.78, 5) is 0. The molecule has 0 spiro atoms. The molecular weight excluding hydrogens is 214 g/mol. The number of aromatic hydroxyl groups is 1. The Kier molecular flexibility index (Phi) is 4.46. The lowest BCUT2D eigenvalue weighted by molar-refractivity contribution is 0.373. The van der Waals surface area contributed by atoms with Crippen LogP contribution in [-0.2, 0) is 0 Å². The number of rotatable bonds is 4. The molecule has 0 heterocycles. The minimum absolute atomic E-state index is 0.0232. The van der Waals surface area contributed by atoms with Crippen LogP contribution in [0.2, 0.25) is 5.02 Å². The summed E-state index contributed by atoms with van der Waals surface area (Å²) in [5, 5.41) is 12.8. The molecule has 0 fully saturated rings. The first-order chi connectivity index (χ1) is 7.19. The number of benzene rings is 1. The van der Waals surface area contributed by atoms with E-state index in [1.165, 1.54) is 7.11 Å². The minimum atomic E-state index is -0.0232. The van der Waals surface area contributed by atoms with Gasteiger partial charge in [0, 0.05) is 6.54 Å². The molecule has 1 rings (SSSR count). The summed E-state index contributed by atoms with van der Waals surface area (Å²) in [7, 11) is 3.36. The Morgan fingerprint density at radius 2 is 2.27 bits per heavy atom. The fourth-order valence-corrected chi connectivity index (χ4v) is 1.38. The van der Waals surface area contributed by atoms with Crippen molar-refractivity contribution in [2.45, 2.75) is 0 Å². The second kappa shape index (κ2) is 5.63. The summed E-state index contributed by atoms with van der Waals surface area (Å²) in [6.07, 6.45) is 3.87. The zero-order chi connectivity index (χ0) is 11.3. The highest BCUT2D eigenvalue weighted by atomic mass is 35.5. The van der Waals surface area contributed by atoms with E-state index in [9.17, 15) is 5.11 Å². The van der Waals surface area contributed by atoms with Crippen LogP contribution in [0.3, 0.4) is 0 Å². The van der Waals surface area contributed by atoms with Gasteiger partial charge in [-0.3, -0.25) is 0 Å². The monoisotopic (exact) mass is 227 g/mol. The molecule has 1 aromatic carbocycles. The predicted molar refractivity (Wildman–Crippen MR) is 62.6 cm³/mol. The van der Waals surface area contributed by atoms with Crippen molar-refractivity contribution in [3.8, 4) is 11.5 Å². The highest BCUT2D eigenvalue weighted by Gasteiger charge is 2.06. The molecule has 1 aromatic rings. The minimum Gasteiger partial charge on any atom is -0.503 e. The molecule has 0 saturated heterocycles. The largest absolute Gasteiger partial charge is 0.503 e. The zero-order valence-corrected chi connectivity index (χ0v) is 9.51. The average molecular weight is 228 g/mol. The van der Waals surface area contributed by atoms with Gasteiger partial charge >= 0.3 is 0 Å².